The molecule has 2 rings (SSSR count). The summed E-state index contributed by atoms with van der Waals surface area (Å²) in [7, 11) is 0. The summed E-state index contributed by atoms with van der Waals surface area (Å²) < 4.78 is 29.0. The second-order valence-electron chi connectivity index (χ2n) is 3.27. The van der Waals surface area contributed by atoms with Crippen molar-refractivity contribution in [1.29, 1.82) is 0 Å². The average molecular weight is 309 g/mol. The molecule has 1 aromatic carbocycles. The van der Waals surface area contributed by atoms with Crippen molar-refractivity contribution >= 4 is 46.4 Å². The Kier molecular flexibility index (Phi) is 4.10. The van der Waals surface area contributed by atoms with Gasteiger partial charge in [-0.3, -0.25) is 0 Å². The van der Waals surface area contributed by atoms with Crippen LogP contribution < -0.4 is 11.2 Å². The van der Waals surface area contributed by atoms with Crippen LogP contribution >= 0.6 is 23.6 Å². The first-order valence-corrected chi connectivity index (χ1v) is 6.94. The van der Waals surface area contributed by atoms with Gasteiger partial charge in [-0.1, -0.05) is 11.6 Å². The van der Waals surface area contributed by atoms with Gasteiger partial charge < -0.3 is 14.8 Å². The molecule has 0 aromatic heterocycles. The number of nitrogens with two attached hydrogens (primary N) is 1. The van der Waals surface area contributed by atoms with Crippen molar-refractivity contribution in [2.24, 2.45) is 10.7 Å². The minimum Gasteiger partial charge on any atom is -0.368 e. The van der Waals surface area contributed by atoms with Crippen LogP contribution in [-0.4, -0.2) is 29.9 Å². The first-order chi connectivity index (χ1) is 8.52. The highest BCUT2D eigenvalue weighted by molar-refractivity contribution is 7.94. The maximum atomic E-state index is 11.0. The van der Waals surface area contributed by atoms with Gasteiger partial charge in [0, 0.05) is 12.0 Å². The molecule has 1 heterocycles. The minimum absolute atomic E-state index is 0.103. The Morgan fingerprint density at radius 2 is 2.33 bits per heavy atom. The van der Waals surface area contributed by atoms with E-state index < -0.39 is 16.7 Å². The summed E-state index contributed by atoms with van der Waals surface area (Å²) >= 11 is 4.03. The van der Waals surface area contributed by atoms with E-state index >= 15 is 0 Å². The van der Waals surface area contributed by atoms with Crippen molar-refractivity contribution in [3.05, 3.63) is 18.2 Å². The topological polar surface area (TPSA) is 121 Å². The second kappa shape index (κ2) is 5.43. The highest BCUT2D eigenvalue weighted by atomic mass is 35.5. The zero-order chi connectivity index (χ0) is 13.3. The molecule has 0 saturated carbocycles. The molecule has 0 aliphatic carbocycles. The first kappa shape index (κ1) is 13.6. The average Bonchev–Trinajstić information content (AvgIpc) is 3.06. The van der Waals surface area contributed by atoms with Crippen LogP contribution in [0.5, 0.6) is 0 Å². The Balaban J connectivity index is 2.35. The molecule has 5 N–H and O–H groups in total. The lowest BCUT2D eigenvalue weighted by atomic mass is 10.3. The molecule has 18 heavy (non-hydrogen) atoms. The number of hydrazine groups is 1. The SMILES string of the molecule is NC(=Nc1cc(S(=O)O)ccc1SO)N1NC1Cl. The minimum atomic E-state index is -2.12. The van der Waals surface area contributed by atoms with E-state index in [1.807, 2.05) is 0 Å². The maximum Gasteiger partial charge on any atom is 0.213 e. The van der Waals surface area contributed by atoms with E-state index in [0.717, 1.165) is 0 Å². The molecule has 1 fully saturated rings. The maximum absolute atomic E-state index is 11.0. The molecule has 2 unspecified atom stereocenters. The first-order valence-electron chi connectivity index (χ1n) is 4.63. The Bertz CT molecular complexity index is 527. The second-order valence-corrected chi connectivity index (χ2v) is 5.28. The highest BCUT2D eigenvalue weighted by Crippen LogP contribution is 2.30. The van der Waals surface area contributed by atoms with Gasteiger partial charge in [0.15, 0.2) is 16.7 Å². The number of alkyl halides is 1. The predicted octanol–water partition coefficient (Wildman–Crippen LogP) is 1.12. The summed E-state index contributed by atoms with van der Waals surface area (Å²) in [5, 5.41) is 1.40. The summed E-state index contributed by atoms with van der Waals surface area (Å²) in [6.45, 7) is 0. The molecular weight excluding hydrogens is 300 g/mol. The van der Waals surface area contributed by atoms with Crippen LogP contribution in [0.2, 0.25) is 0 Å². The lowest BCUT2D eigenvalue weighted by Gasteiger charge is -2.05. The number of nitrogens with one attached hydrogen (secondary N) is 1. The molecule has 0 spiro atoms. The molecule has 0 bridgehead atoms. The van der Waals surface area contributed by atoms with Gasteiger partial charge in [0.05, 0.1) is 15.5 Å². The third-order valence-corrected chi connectivity index (χ3v) is 3.61. The molecule has 10 heteroatoms. The van der Waals surface area contributed by atoms with Crippen molar-refractivity contribution < 1.29 is 13.3 Å². The number of aliphatic imine (C=N–C) groups is 1. The summed E-state index contributed by atoms with van der Waals surface area (Å²) in [5.74, 6) is 0.103. The van der Waals surface area contributed by atoms with Gasteiger partial charge in [-0.05, 0) is 18.2 Å². The van der Waals surface area contributed by atoms with Gasteiger partial charge in [0.1, 0.15) is 0 Å². The van der Waals surface area contributed by atoms with E-state index in [0.29, 0.717) is 16.9 Å². The molecule has 1 aromatic rings. The largest absolute Gasteiger partial charge is 0.368 e. The van der Waals surface area contributed by atoms with Crippen molar-refractivity contribution in [1.82, 2.24) is 10.4 Å². The Morgan fingerprint density at radius 3 is 2.83 bits per heavy atom. The fourth-order valence-electron chi connectivity index (χ4n) is 1.21. The lowest BCUT2D eigenvalue weighted by Crippen LogP contribution is -2.23. The molecule has 1 saturated heterocycles. The van der Waals surface area contributed by atoms with Gasteiger partial charge >= 0.3 is 0 Å². The van der Waals surface area contributed by atoms with Gasteiger partial charge in [-0.15, -0.1) is 0 Å². The predicted molar refractivity (Wildman–Crippen MR) is 69.9 cm³/mol. The van der Waals surface area contributed by atoms with E-state index in [2.05, 4.69) is 10.4 Å². The van der Waals surface area contributed by atoms with Crippen LogP contribution in [0, 0.1) is 0 Å². The smallest absolute Gasteiger partial charge is 0.213 e. The third kappa shape index (κ3) is 2.94. The molecule has 2 atom stereocenters. The number of halogens is 1. The standard InChI is InChI=1S/C8H9ClN4O3S2/c9-7-12-13(7)8(10)11-5-3-4(18(15)16)1-2-6(5)17-14/h1-3,7,12,14H,(H2,10,11)(H,15,16). The zero-order valence-corrected chi connectivity index (χ0v) is 11.2. The van der Waals surface area contributed by atoms with Crippen molar-refractivity contribution in [3.63, 3.8) is 0 Å². The molecule has 1 aliphatic rings. The molecule has 98 valence electrons. The monoisotopic (exact) mass is 308 g/mol. The normalized spacial score (nSPS) is 20.9. The van der Waals surface area contributed by atoms with Crippen LogP contribution in [0.25, 0.3) is 0 Å². The van der Waals surface area contributed by atoms with E-state index in [1.54, 1.807) is 0 Å². The van der Waals surface area contributed by atoms with Crippen LogP contribution in [-0.2, 0) is 11.1 Å². The fraction of sp³-hybridized carbons (Fsp3) is 0.125. The van der Waals surface area contributed by atoms with E-state index in [-0.39, 0.29) is 16.5 Å². The number of nitrogens with zero attached hydrogens (tertiary/aromatic N) is 2. The van der Waals surface area contributed by atoms with Crippen LogP contribution in [0.15, 0.2) is 33.0 Å². The van der Waals surface area contributed by atoms with E-state index in [1.165, 1.54) is 23.2 Å². The van der Waals surface area contributed by atoms with Gasteiger partial charge in [-0.2, -0.15) is 5.43 Å². The Hall–Kier alpha value is -0.840. The fourth-order valence-corrected chi connectivity index (χ4v) is 2.14. The zero-order valence-electron chi connectivity index (χ0n) is 8.78. The van der Waals surface area contributed by atoms with Gasteiger partial charge in [0.25, 0.3) is 0 Å². The Morgan fingerprint density at radius 1 is 1.67 bits per heavy atom. The van der Waals surface area contributed by atoms with E-state index in [4.69, 9.17) is 26.4 Å². The molecule has 0 radical (unpaired) electrons. The van der Waals surface area contributed by atoms with Gasteiger partial charge in [-0.25, -0.2) is 14.2 Å². The Labute approximate surface area is 114 Å². The summed E-state index contributed by atoms with van der Waals surface area (Å²) in [6, 6.07) is 4.27. The van der Waals surface area contributed by atoms with Crippen molar-refractivity contribution in [2.45, 2.75) is 15.4 Å². The molecule has 1 aliphatic heterocycles. The van der Waals surface area contributed by atoms with Crippen LogP contribution in [0.3, 0.4) is 0 Å². The van der Waals surface area contributed by atoms with Gasteiger partial charge in [0.2, 0.25) is 5.96 Å². The van der Waals surface area contributed by atoms with E-state index in [9.17, 15) is 4.21 Å². The van der Waals surface area contributed by atoms with Crippen LogP contribution in [0.4, 0.5) is 5.69 Å². The molecule has 7 nitrogen and oxygen atoms in total. The van der Waals surface area contributed by atoms with Crippen molar-refractivity contribution in [3.8, 4) is 0 Å². The number of guanidine groups is 1. The third-order valence-electron chi connectivity index (χ3n) is 2.12. The summed E-state index contributed by atoms with van der Waals surface area (Å²) in [6.07, 6.45) is 0. The van der Waals surface area contributed by atoms with Crippen LogP contribution in [0.1, 0.15) is 0 Å². The number of hydrogen-bond donors (Lipinski definition) is 4. The number of hydrogen-bond acceptors (Lipinski definition) is 5. The van der Waals surface area contributed by atoms with Crippen molar-refractivity contribution in [2.75, 3.05) is 0 Å². The summed E-state index contributed by atoms with van der Waals surface area (Å²) in [5.41, 5.74) is 8.22. The highest BCUT2D eigenvalue weighted by Gasteiger charge is 2.33. The quantitative estimate of drug-likeness (QED) is 0.126. The lowest BCUT2D eigenvalue weighted by molar-refractivity contribution is 0.564. The number of benzene rings is 1. The molecule has 0 amide bonds. The molecular formula is C8H9ClN4O3S2. The summed E-state index contributed by atoms with van der Waals surface area (Å²) in [4.78, 5) is 4.62. The number of rotatable bonds is 3.